The number of nitrogens with one attached hydrogen (secondary N) is 3. The molecule has 0 radical (unpaired) electrons. The van der Waals surface area contributed by atoms with Crippen LogP contribution in [0.15, 0.2) is 11.3 Å². The number of carboxylic acid groups (broad SMARTS) is 3. The molecule has 0 aliphatic carbocycles. The van der Waals surface area contributed by atoms with Crippen molar-refractivity contribution in [2.24, 2.45) is 5.41 Å². The number of hydrogen-bond donors (Lipinski definition) is 6. The number of aliphatic carboxylic acids is 3. The summed E-state index contributed by atoms with van der Waals surface area (Å²) in [4.78, 5) is 46.2. The molecule has 0 aromatic carbocycles. The van der Waals surface area contributed by atoms with Crippen LogP contribution in [-0.2, 0) is 14.4 Å². The van der Waals surface area contributed by atoms with E-state index in [1.54, 1.807) is 13.8 Å². The molecule has 0 fully saturated rings. The van der Waals surface area contributed by atoms with E-state index in [-0.39, 0.29) is 12.1 Å². The first-order valence-corrected chi connectivity index (χ1v) is 8.39. The van der Waals surface area contributed by atoms with Gasteiger partial charge in [-0.2, -0.15) is 0 Å². The van der Waals surface area contributed by atoms with E-state index in [1.165, 1.54) is 20.8 Å². The lowest BCUT2D eigenvalue weighted by molar-refractivity contribution is -0.149. The number of urea groups is 1. The van der Waals surface area contributed by atoms with Crippen molar-refractivity contribution in [1.82, 2.24) is 16.0 Å². The van der Waals surface area contributed by atoms with E-state index in [0.29, 0.717) is 12.1 Å². The minimum Gasteiger partial charge on any atom is -0.481 e. The van der Waals surface area contributed by atoms with E-state index < -0.39 is 40.9 Å². The topological polar surface area (TPSA) is 165 Å². The molecule has 10 heteroatoms. The molecule has 0 saturated heterocycles. The maximum atomic E-state index is 12.2. The Morgan fingerprint density at radius 3 is 1.89 bits per heavy atom. The maximum absolute atomic E-state index is 12.2. The average Bonchev–Trinajstić information content (AvgIpc) is 2.50. The van der Waals surface area contributed by atoms with Crippen molar-refractivity contribution in [3.63, 3.8) is 0 Å². The Kier molecular flexibility index (Phi) is 8.45. The molecule has 0 rings (SSSR count). The third-order valence-corrected chi connectivity index (χ3v) is 4.28. The van der Waals surface area contributed by atoms with Crippen molar-refractivity contribution in [2.45, 2.75) is 59.5 Å². The molecule has 0 spiro atoms. The van der Waals surface area contributed by atoms with E-state index in [4.69, 9.17) is 5.11 Å². The van der Waals surface area contributed by atoms with Gasteiger partial charge in [0.2, 0.25) is 0 Å². The highest BCUT2D eigenvalue weighted by Gasteiger charge is 2.35. The normalized spacial score (nSPS) is 14.0. The molecule has 0 bridgehead atoms. The van der Waals surface area contributed by atoms with Crippen LogP contribution >= 0.6 is 0 Å². The van der Waals surface area contributed by atoms with Gasteiger partial charge in [0.05, 0.1) is 5.41 Å². The fourth-order valence-corrected chi connectivity index (χ4v) is 2.30. The molecule has 2 amide bonds. The van der Waals surface area contributed by atoms with Crippen LogP contribution in [0.5, 0.6) is 0 Å². The first-order chi connectivity index (χ1) is 12.2. The summed E-state index contributed by atoms with van der Waals surface area (Å²) < 4.78 is 0. The largest absolute Gasteiger partial charge is 0.481 e. The summed E-state index contributed by atoms with van der Waals surface area (Å²) in [7, 11) is 0. The number of rotatable bonds is 10. The summed E-state index contributed by atoms with van der Waals surface area (Å²) in [5.74, 6) is -4.03. The second-order valence-corrected chi connectivity index (χ2v) is 7.34. The fraction of sp³-hybridized carbons (Fsp3) is 0.647. The summed E-state index contributed by atoms with van der Waals surface area (Å²) >= 11 is 0. The molecule has 0 aliphatic rings. The molecule has 0 aromatic heterocycles. The number of likely N-dealkylation sites (N-methyl/N-ethyl adjacent to an activating group) is 1. The summed E-state index contributed by atoms with van der Waals surface area (Å²) in [5, 5.41) is 35.1. The molecule has 0 aromatic rings. The van der Waals surface area contributed by atoms with E-state index in [2.05, 4.69) is 16.0 Å². The van der Waals surface area contributed by atoms with Gasteiger partial charge < -0.3 is 31.3 Å². The Balaban J connectivity index is 5.49. The van der Waals surface area contributed by atoms with Crippen molar-refractivity contribution in [3.05, 3.63) is 11.3 Å². The molecule has 27 heavy (non-hydrogen) atoms. The van der Waals surface area contributed by atoms with Crippen LogP contribution in [0.2, 0.25) is 0 Å². The van der Waals surface area contributed by atoms with E-state index in [1.807, 2.05) is 6.92 Å². The van der Waals surface area contributed by atoms with Gasteiger partial charge in [-0.3, -0.25) is 4.79 Å². The summed E-state index contributed by atoms with van der Waals surface area (Å²) in [5.41, 5.74) is -2.18. The van der Waals surface area contributed by atoms with Crippen LogP contribution in [0.4, 0.5) is 4.79 Å². The molecule has 154 valence electrons. The minimum absolute atomic E-state index is 0.338. The number of amides is 2. The zero-order valence-electron chi connectivity index (χ0n) is 16.5. The predicted molar refractivity (Wildman–Crippen MR) is 97.2 cm³/mol. The summed E-state index contributed by atoms with van der Waals surface area (Å²) in [6.07, 6.45) is -0.376. The van der Waals surface area contributed by atoms with Gasteiger partial charge in [-0.15, -0.1) is 0 Å². The Labute approximate surface area is 158 Å². The maximum Gasteiger partial charge on any atom is 0.352 e. The van der Waals surface area contributed by atoms with Crippen molar-refractivity contribution in [3.8, 4) is 0 Å². The molecule has 6 N–H and O–H groups in total. The zero-order valence-corrected chi connectivity index (χ0v) is 16.5. The third-order valence-electron chi connectivity index (χ3n) is 4.28. The predicted octanol–water partition coefficient (Wildman–Crippen LogP) is 0.986. The van der Waals surface area contributed by atoms with Crippen LogP contribution in [0.3, 0.4) is 0 Å². The lowest BCUT2D eigenvalue weighted by Gasteiger charge is -2.29. The third kappa shape index (κ3) is 7.26. The van der Waals surface area contributed by atoms with E-state index in [0.717, 1.165) is 0 Å². The first-order valence-electron chi connectivity index (χ1n) is 8.39. The van der Waals surface area contributed by atoms with Gasteiger partial charge in [-0.1, -0.05) is 6.92 Å². The summed E-state index contributed by atoms with van der Waals surface area (Å²) in [6, 6.07) is -2.55. The SMILES string of the molecule is CCNC(C)(C)/C(C)=C(/NC(=O)NC(CC(C)(C)C(=O)O)C(=O)O)C(=O)O. The summed E-state index contributed by atoms with van der Waals surface area (Å²) in [6.45, 7) is 10.1. The molecule has 1 atom stereocenters. The van der Waals surface area contributed by atoms with Gasteiger partial charge >= 0.3 is 23.9 Å². The van der Waals surface area contributed by atoms with Gasteiger partial charge in [0, 0.05) is 5.54 Å². The second kappa shape index (κ2) is 9.36. The van der Waals surface area contributed by atoms with Gasteiger partial charge in [0.25, 0.3) is 0 Å². The number of carbonyl (C=O) groups excluding carboxylic acids is 1. The first kappa shape index (κ1) is 24.4. The van der Waals surface area contributed by atoms with Crippen molar-refractivity contribution < 1.29 is 34.5 Å². The van der Waals surface area contributed by atoms with Crippen LogP contribution in [-0.4, -0.2) is 57.4 Å². The second-order valence-electron chi connectivity index (χ2n) is 7.34. The zero-order chi connectivity index (χ0) is 21.6. The minimum atomic E-state index is -1.51. The Hall–Kier alpha value is -2.62. The van der Waals surface area contributed by atoms with Crippen LogP contribution in [0, 0.1) is 5.41 Å². The van der Waals surface area contributed by atoms with Gasteiger partial charge in [-0.25, -0.2) is 14.4 Å². The van der Waals surface area contributed by atoms with Crippen molar-refractivity contribution in [1.29, 1.82) is 0 Å². The number of carboxylic acids is 3. The number of carbonyl (C=O) groups is 4. The smallest absolute Gasteiger partial charge is 0.352 e. The van der Waals surface area contributed by atoms with Crippen LogP contribution < -0.4 is 16.0 Å². The Morgan fingerprint density at radius 1 is 1.00 bits per heavy atom. The van der Waals surface area contributed by atoms with Gasteiger partial charge in [-0.05, 0) is 53.2 Å². The molecular formula is C17H29N3O7. The van der Waals surface area contributed by atoms with Gasteiger partial charge in [0.15, 0.2) is 0 Å². The fourth-order valence-electron chi connectivity index (χ4n) is 2.30. The molecule has 1 unspecified atom stereocenters. The van der Waals surface area contributed by atoms with Crippen molar-refractivity contribution in [2.75, 3.05) is 6.54 Å². The molecule has 10 nitrogen and oxygen atoms in total. The quantitative estimate of drug-likeness (QED) is 0.302. The molecular weight excluding hydrogens is 358 g/mol. The lowest BCUT2D eigenvalue weighted by Crippen LogP contribution is -2.50. The molecule has 0 heterocycles. The van der Waals surface area contributed by atoms with Crippen LogP contribution in [0.25, 0.3) is 0 Å². The highest BCUT2D eigenvalue weighted by atomic mass is 16.4. The highest BCUT2D eigenvalue weighted by molar-refractivity contribution is 5.94. The standard InChI is InChI=1S/C17H29N3O7/c1-7-18-17(5,6)9(2)11(13(23)24)20-15(27)19-10(12(21)22)8-16(3,4)14(25)26/h10,18H,7-8H2,1-6H3,(H,21,22)(H,23,24)(H,25,26)(H2,19,20,27)/b11-9+. The Morgan fingerprint density at radius 2 is 1.52 bits per heavy atom. The number of hydrogen-bond acceptors (Lipinski definition) is 5. The lowest BCUT2D eigenvalue weighted by atomic mass is 9.86. The van der Waals surface area contributed by atoms with E-state index in [9.17, 15) is 29.4 Å². The van der Waals surface area contributed by atoms with Gasteiger partial charge in [0.1, 0.15) is 11.7 Å². The Bertz CT molecular complexity index is 638. The molecule has 0 aliphatic heterocycles. The average molecular weight is 387 g/mol. The molecule has 0 saturated carbocycles. The van der Waals surface area contributed by atoms with Crippen molar-refractivity contribution >= 4 is 23.9 Å². The monoisotopic (exact) mass is 387 g/mol. The highest BCUT2D eigenvalue weighted by Crippen LogP contribution is 2.23. The van der Waals surface area contributed by atoms with E-state index >= 15 is 0 Å². The van der Waals surface area contributed by atoms with Crippen LogP contribution in [0.1, 0.15) is 48.0 Å².